The third kappa shape index (κ3) is 4.41. The van der Waals surface area contributed by atoms with Gasteiger partial charge in [0.1, 0.15) is 6.10 Å². The molecule has 1 unspecified atom stereocenters. The largest absolute Gasteiger partial charge is 0.410 e. The molecule has 0 radical (unpaired) electrons. The van der Waals surface area contributed by atoms with Crippen LogP contribution in [-0.2, 0) is 9.22 Å². The normalized spacial score (nSPS) is 13.6. The van der Waals surface area contributed by atoms with Crippen LogP contribution in [0.1, 0.15) is 20.8 Å². The van der Waals surface area contributed by atoms with Crippen LogP contribution in [0.5, 0.6) is 0 Å². The first kappa shape index (κ1) is 13.2. The monoisotopic (exact) mass is 215 g/mol. The number of carbonyl (C=O) groups excluding carboxylic acids is 1. The fourth-order valence-electron chi connectivity index (χ4n) is 1.00. The average Bonchev–Trinajstić information content (AvgIpc) is 1.98. The molecule has 0 heterocycles. The predicted octanol–water partition coefficient (Wildman–Crippen LogP) is 2.24. The first-order chi connectivity index (χ1) is 6.29. The lowest BCUT2D eigenvalue weighted by molar-refractivity contribution is -0.129. The van der Waals surface area contributed by atoms with Crippen molar-refractivity contribution in [2.45, 2.75) is 40.0 Å². The minimum Gasteiger partial charge on any atom is -0.410 e. The van der Waals surface area contributed by atoms with E-state index in [0.29, 0.717) is 0 Å². The zero-order valence-electron chi connectivity index (χ0n) is 9.31. The summed E-state index contributed by atoms with van der Waals surface area (Å²) >= 11 is 0. The van der Waals surface area contributed by atoms with Crippen LogP contribution in [0.2, 0.25) is 13.1 Å². The van der Waals surface area contributed by atoms with E-state index in [1.54, 1.807) is 0 Å². The maximum atomic E-state index is 11.4. The van der Waals surface area contributed by atoms with Crippen molar-refractivity contribution >= 4 is 14.9 Å². The van der Waals surface area contributed by atoms with Crippen LogP contribution in [0.15, 0.2) is 5.11 Å². The number of nitrogens with zero attached hydrogens (tertiary/aromatic N) is 3. The molecule has 80 valence electrons. The Hall–Kier alpha value is -0.843. The minimum atomic E-state index is -1.31. The minimum absolute atomic E-state index is 0.331. The third-order valence-corrected chi connectivity index (χ3v) is 2.38. The first-order valence-electron chi connectivity index (χ1n) is 4.53. The second-order valence-electron chi connectivity index (χ2n) is 4.46. The quantitative estimate of drug-likeness (QED) is 0.313. The summed E-state index contributed by atoms with van der Waals surface area (Å²) in [7, 11) is -1.31. The predicted molar refractivity (Wildman–Crippen MR) is 57.4 cm³/mol. The fraction of sp³-hybridized carbons (Fsp3) is 0.875. The van der Waals surface area contributed by atoms with Gasteiger partial charge in [0.05, 0.1) is 0 Å². The van der Waals surface area contributed by atoms with E-state index < -0.39 is 21.1 Å². The molecule has 0 saturated carbocycles. The van der Waals surface area contributed by atoms with Crippen LogP contribution in [0.25, 0.3) is 10.4 Å². The summed E-state index contributed by atoms with van der Waals surface area (Å²) in [6, 6.07) is 0. The van der Waals surface area contributed by atoms with Gasteiger partial charge >= 0.3 is 0 Å². The molecule has 1 amide bonds. The number of hydrogen-bond acceptors (Lipinski definition) is 2. The van der Waals surface area contributed by atoms with Crippen LogP contribution in [0, 0.1) is 5.41 Å². The summed E-state index contributed by atoms with van der Waals surface area (Å²) in [5.41, 5.74) is 7.85. The number of amides is 1. The molecular weight excluding hydrogens is 198 g/mol. The Kier molecular flexibility index (Phi) is 4.83. The lowest BCUT2D eigenvalue weighted by atomic mass is 9.89. The molecule has 0 aliphatic carbocycles. The van der Waals surface area contributed by atoms with Gasteiger partial charge in [0.2, 0.25) is 5.91 Å². The maximum absolute atomic E-state index is 11.4. The van der Waals surface area contributed by atoms with Crippen molar-refractivity contribution in [3.05, 3.63) is 10.4 Å². The molecular formula is C8H17N3O2Si. The molecule has 0 bridgehead atoms. The van der Waals surface area contributed by atoms with Crippen LogP contribution < -0.4 is 0 Å². The van der Waals surface area contributed by atoms with Gasteiger partial charge in [0.25, 0.3) is 0 Å². The smallest absolute Gasteiger partial charge is 0.246 e. The van der Waals surface area contributed by atoms with Crippen molar-refractivity contribution in [2.75, 3.05) is 0 Å². The molecule has 14 heavy (non-hydrogen) atoms. The Morgan fingerprint density at radius 3 is 2.29 bits per heavy atom. The molecule has 0 fully saturated rings. The van der Waals surface area contributed by atoms with Gasteiger partial charge in [0, 0.05) is 4.91 Å². The molecule has 5 nitrogen and oxygen atoms in total. The summed E-state index contributed by atoms with van der Waals surface area (Å²) in [5, 5.41) is 3.08. The molecule has 0 N–H and O–H groups in total. The van der Waals surface area contributed by atoms with Crippen molar-refractivity contribution in [1.29, 1.82) is 0 Å². The number of hydrogen-bond donors (Lipinski definition) is 0. The van der Waals surface area contributed by atoms with Crippen molar-refractivity contribution in [1.82, 2.24) is 0 Å². The van der Waals surface area contributed by atoms with Gasteiger partial charge in [-0.3, -0.25) is 4.79 Å². The summed E-state index contributed by atoms with van der Waals surface area (Å²) in [6.45, 7) is 9.61. The van der Waals surface area contributed by atoms with Gasteiger partial charge in [-0.25, -0.2) is 0 Å². The third-order valence-electron chi connectivity index (χ3n) is 1.56. The Balaban J connectivity index is 4.73. The Morgan fingerprint density at radius 2 is 2.00 bits per heavy atom. The maximum Gasteiger partial charge on any atom is 0.246 e. The highest BCUT2D eigenvalue weighted by Gasteiger charge is 2.31. The van der Waals surface area contributed by atoms with Crippen LogP contribution in [0.3, 0.4) is 0 Å². The highest BCUT2D eigenvalue weighted by Crippen LogP contribution is 2.24. The molecule has 0 aliphatic rings. The van der Waals surface area contributed by atoms with Gasteiger partial charge in [-0.05, 0) is 29.2 Å². The van der Waals surface area contributed by atoms with E-state index in [4.69, 9.17) is 9.96 Å². The van der Waals surface area contributed by atoms with E-state index in [1.807, 2.05) is 33.9 Å². The van der Waals surface area contributed by atoms with Crippen LogP contribution >= 0.6 is 0 Å². The Labute approximate surface area is 85.8 Å². The van der Waals surface area contributed by atoms with Crippen molar-refractivity contribution in [2.24, 2.45) is 10.5 Å². The molecule has 0 aromatic heterocycles. The van der Waals surface area contributed by atoms with E-state index in [2.05, 4.69) is 10.0 Å². The van der Waals surface area contributed by atoms with Crippen LogP contribution in [0.4, 0.5) is 0 Å². The van der Waals surface area contributed by atoms with Gasteiger partial charge < -0.3 is 4.43 Å². The molecule has 6 heteroatoms. The lowest BCUT2D eigenvalue weighted by Gasteiger charge is -2.29. The van der Waals surface area contributed by atoms with Gasteiger partial charge in [-0.15, -0.1) is 0 Å². The molecule has 1 atom stereocenters. The van der Waals surface area contributed by atoms with E-state index in [1.165, 1.54) is 0 Å². The second kappa shape index (κ2) is 5.14. The van der Waals surface area contributed by atoms with Gasteiger partial charge in [-0.1, -0.05) is 20.8 Å². The molecule has 0 aliphatic heterocycles. The lowest BCUT2D eigenvalue weighted by Crippen LogP contribution is -2.38. The topological polar surface area (TPSA) is 75.1 Å². The van der Waals surface area contributed by atoms with Crippen molar-refractivity contribution in [3.8, 4) is 0 Å². The molecule has 0 spiro atoms. The fourth-order valence-corrected chi connectivity index (χ4v) is 2.07. The molecule has 0 saturated heterocycles. The Bertz CT molecular complexity index is 254. The molecule has 0 rings (SSSR count). The zero-order chi connectivity index (χ0) is 11.4. The zero-order valence-corrected chi connectivity index (χ0v) is 10.5. The second-order valence-corrected chi connectivity index (χ2v) is 6.83. The average molecular weight is 215 g/mol. The number of carbonyl (C=O) groups is 1. The van der Waals surface area contributed by atoms with E-state index in [-0.39, 0.29) is 5.41 Å². The Morgan fingerprint density at radius 1 is 1.50 bits per heavy atom. The summed E-state index contributed by atoms with van der Waals surface area (Å²) in [4.78, 5) is 13.9. The van der Waals surface area contributed by atoms with E-state index in [9.17, 15) is 4.79 Å². The molecule has 0 aromatic carbocycles. The van der Waals surface area contributed by atoms with Gasteiger partial charge in [0.15, 0.2) is 9.04 Å². The molecule has 0 aromatic rings. The highest BCUT2D eigenvalue weighted by molar-refractivity contribution is 6.48. The van der Waals surface area contributed by atoms with E-state index >= 15 is 0 Å². The number of azide groups is 1. The van der Waals surface area contributed by atoms with Crippen molar-refractivity contribution in [3.63, 3.8) is 0 Å². The number of rotatable bonds is 3. The summed E-state index contributed by atoms with van der Waals surface area (Å²) < 4.78 is 5.55. The highest BCUT2D eigenvalue weighted by atomic mass is 28.3. The summed E-state index contributed by atoms with van der Waals surface area (Å²) in [5.74, 6) is -0.527. The summed E-state index contributed by atoms with van der Waals surface area (Å²) in [6.07, 6.45) is -0.620. The van der Waals surface area contributed by atoms with Crippen molar-refractivity contribution < 1.29 is 9.22 Å². The van der Waals surface area contributed by atoms with Gasteiger partial charge in [-0.2, -0.15) is 0 Å². The SMILES string of the molecule is C[SiH](C)OC(C(=O)N=[N+]=[N-])C(C)(C)C. The first-order valence-corrected chi connectivity index (χ1v) is 7.31. The van der Waals surface area contributed by atoms with Crippen LogP contribution in [-0.4, -0.2) is 21.1 Å². The van der Waals surface area contributed by atoms with E-state index in [0.717, 1.165) is 0 Å². The standard InChI is InChI=1S/C8H17N3O2Si/c1-8(2,3)6(13-14(4)5)7(12)10-11-9/h6,14H,1-5H3.